The lowest BCUT2D eigenvalue weighted by Crippen LogP contribution is -2.49. The van der Waals surface area contributed by atoms with E-state index in [2.05, 4.69) is 64.6 Å². The van der Waals surface area contributed by atoms with E-state index in [9.17, 15) is 0 Å². The molecule has 0 amide bonds. The zero-order valence-corrected chi connectivity index (χ0v) is 23.1. The molecule has 2 N–H and O–H groups in total. The van der Waals surface area contributed by atoms with Crippen LogP contribution in [0.1, 0.15) is 58.4 Å². The van der Waals surface area contributed by atoms with Crippen molar-refractivity contribution in [2.45, 2.75) is 76.2 Å². The molecule has 3 aliphatic rings. The maximum Gasteiger partial charge on any atom is 0.146 e. The standard InChI is InChI=1S/C30H42N6O2/c1-30(2)12-11-25(38-30)19-37-24-6-4-5-21(17-24)26-18-36(29-27(26)28(31)32-20-33-29)23-9-7-22(8-10-23)35-15-13-34(3)14-16-35/h4-6,17-18,20,22-23,25H,7-16,19H2,1-3H3,(H2,31,32,33)/t22?,23?,25-/m0/s1. The predicted octanol–water partition coefficient (Wildman–Crippen LogP) is 4.75. The van der Waals surface area contributed by atoms with Gasteiger partial charge in [0.15, 0.2) is 0 Å². The SMILES string of the molecule is CN1CCN(C2CCC(n3cc(-c4cccc(OC[C@@H]5CCC(C)(C)O5)c4)c4c(N)ncnc43)CC2)CC1. The van der Waals surface area contributed by atoms with Crippen molar-refractivity contribution in [3.8, 4) is 16.9 Å². The van der Waals surface area contributed by atoms with Crippen molar-refractivity contribution >= 4 is 16.9 Å². The third kappa shape index (κ3) is 5.26. The number of likely N-dealkylation sites (N-methyl/N-ethyl adjacent to an activating group) is 1. The molecule has 8 nitrogen and oxygen atoms in total. The van der Waals surface area contributed by atoms with Gasteiger partial charge >= 0.3 is 0 Å². The van der Waals surface area contributed by atoms with Crippen LogP contribution >= 0.6 is 0 Å². The van der Waals surface area contributed by atoms with Crippen molar-refractivity contribution in [2.24, 2.45) is 0 Å². The van der Waals surface area contributed by atoms with Crippen LogP contribution in [0, 0.1) is 0 Å². The molecule has 2 aromatic heterocycles. The highest BCUT2D eigenvalue weighted by atomic mass is 16.6. The van der Waals surface area contributed by atoms with Gasteiger partial charge in [-0.15, -0.1) is 0 Å². The van der Waals surface area contributed by atoms with E-state index in [0.29, 0.717) is 24.5 Å². The highest BCUT2D eigenvalue weighted by molar-refractivity contribution is 6.00. The monoisotopic (exact) mass is 518 g/mol. The fourth-order valence-corrected chi connectivity index (χ4v) is 6.63. The number of benzene rings is 1. The molecule has 0 spiro atoms. The lowest BCUT2D eigenvalue weighted by atomic mass is 9.89. The minimum absolute atomic E-state index is 0.0567. The summed E-state index contributed by atoms with van der Waals surface area (Å²) in [6.45, 7) is 9.59. The van der Waals surface area contributed by atoms with Gasteiger partial charge in [0.2, 0.25) is 0 Å². The first kappa shape index (κ1) is 25.6. The van der Waals surface area contributed by atoms with E-state index in [0.717, 1.165) is 53.6 Å². The van der Waals surface area contributed by atoms with E-state index in [-0.39, 0.29) is 11.7 Å². The summed E-state index contributed by atoms with van der Waals surface area (Å²) < 4.78 is 14.7. The van der Waals surface area contributed by atoms with Crippen molar-refractivity contribution in [1.29, 1.82) is 0 Å². The van der Waals surface area contributed by atoms with Crippen LogP contribution in [0.5, 0.6) is 5.75 Å². The molecule has 3 fully saturated rings. The van der Waals surface area contributed by atoms with Gasteiger partial charge in [0.05, 0.1) is 17.1 Å². The fraction of sp³-hybridized carbons (Fsp3) is 0.600. The van der Waals surface area contributed by atoms with Gasteiger partial charge in [-0.2, -0.15) is 0 Å². The van der Waals surface area contributed by atoms with Crippen LogP contribution in [-0.4, -0.2) is 81.9 Å². The molecule has 3 aromatic rings. The molecule has 0 radical (unpaired) electrons. The van der Waals surface area contributed by atoms with Gasteiger partial charge in [0, 0.05) is 50.0 Å². The number of aromatic nitrogens is 3. The molecule has 204 valence electrons. The maximum atomic E-state index is 6.45. The van der Waals surface area contributed by atoms with Crippen LogP contribution in [0.25, 0.3) is 22.2 Å². The quantitative estimate of drug-likeness (QED) is 0.504. The topological polar surface area (TPSA) is 81.7 Å². The van der Waals surface area contributed by atoms with E-state index in [4.69, 9.17) is 20.2 Å². The molecular weight excluding hydrogens is 476 g/mol. The molecule has 1 aliphatic carbocycles. The normalized spacial score (nSPS) is 26.7. The van der Waals surface area contributed by atoms with Crippen molar-refractivity contribution in [3.63, 3.8) is 0 Å². The maximum absolute atomic E-state index is 6.45. The second-order valence-corrected chi connectivity index (χ2v) is 12.1. The molecule has 1 saturated carbocycles. The minimum Gasteiger partial charge on any atom is -0.491 e. The first-order valence-corrected chi connectivity index (χ1v) is 14.3. The molecule has 6 rings (SSSR count). The lowest BCUT2D eigenvalue weighted by molar-refractivity contribution is -0.0326. The van der Waals surface area contributed by atoms with Crippen LogP contribution in [0.4, 0.5) is 5.82 Å². The highest BCUT2D eigenvalue weighted by Gasteiger charge is 2.32. The Hall–Kier alpha value is -2.68. The number of nitrogens with zero attached hydrogens (tertiary/aromatic N) is 5. The number of hydrogen-bond acceptors (Lipinski definition) is 7. The molecular formula is C30H42N6O2. The predicted molar refractivity (Wildman–Crippen MR) is 151 cm³/mol. The number of anilines is 1. The third-order valence-electron chi connectivity index (χ3n) is 8.89. The Balaban J connectivity index is 1.21. The molecule has 2 saturated heterocycles. The Labute approximate surface area is 226 Å². The van der Waals surface area contributed by atoms with Crippen molar-refractivity contribution in [3.05, 3.63) is 36.8 Å². The average molecular weight is 519 g/mol. The van der Waals surface area contributed by atoms with Crippen LogP contribution in [0.3, 0.4) is 0 Å². The summed E-state index contributed by atoms with van der Waals surface area (Å²) in [5, 5.41) is 0.937. The largest absolute Gasteiger partial charge is 0.491 e. The summed E-state index contributed by atoms with van der Waals surface area (Å²) in [6.07, 6.45) is 10.9. The van der Waals surface area contributed by atoms with E-state index in [1.807, 2.05) is 6.07 Å². The number of piperazine rings is 1. The minimum atomic E-state index is -0.0567. The summed E-state index contributed by atoms with van der Waals surface area (Å²) in [6, 6.07) is 9.42. The van der Waals surface area contributed by atoms with E-state index in [1.165, 1.54) is 39.0 Å². The highest BCUT2D eigenvalue weighted by Crippen LogP contribution is 2.39. The molecule has 0 bridgehead atoms. The van der Waals surface area contributed by atoms with Gasteiger partial charge in [-0.25, -0.2) is 9.97 Å². The smallest absolute Gasteiger partial charge is 0.146 e. The summed E-state index contributed by atoms with van der Waals surface area (Å²) in [5.41, 5.74) is 9.47. The van der Waals surface area contributed by atoms with Gasteiger partial charge in [-0.1, -0.05) is 12.1 Å². The molecule has 1 atom stereocenters. The number of hydrogen-bond donors (Lipinski definition) is 1. The van der Waals surface area contributed by atoms with E-state index < -0.39 is 0 Å². The molecule has 8 heteroatoms. The average Bonchev–Trinajstić information content (AvgIpc) is 3.49. The number of fused-ring (bicyclic) bond motifs is 1. The first-order valence-electron chi connectivity index (χ1n) is 14.3. The molecule has 2 aliphatic heterocycles. The molecule has 0 unspecified atom stereocenters. The Kier molecular flexibility index (Phi) is 7.05. The zero-order valence-electron chi connectivity index (χ0n) is 23.1. The molecule has 38 heavy (non-hydrogen) atoms. The Morgan fingerprint density at radius 1 is 1.03 bits per heavy atom. The van der Waals surface area contributed by atoms with Crippen LogP contribution in [-0.2, 0) is 4.74 Å². The van der Waals surface area contributed by atoms with Gasteiger partial charge in [-0.05, 0) is 77.1 Å². The summed E-state index contributed by atoms with van der Waals surface area (Å²) >= 11 is 0. The Bertz CT molecular complexity index is 1260. The molecule has 4 heterocycles. The number of nitrogens with two attached hydrogens (primary N) is 1. The number of rotatable bonds is 6. The number of ether oxygens (including phenoxy) is 2. The second kappa shape index (κ2) is 10.5. The van der Waals surface area contributed by atoms with Crippen molar-refractivity contribution < 1.29 is 9.47 Å². The van der Waals surface area contributed by atoms with Crippen molar-refractivity contribution in [1.82, 2.24) is 24.3 Å². The second-order valence-electron chi connectivity index (χ2n) is 12.1. The Morgan fingerprint density at radius 3 is 2.53 bits per heavy atom. The van der Waals surface area contributed by atoms with E-state index in [1.54, 1.807) is 6.33 Å². The van der Waals surface area contributed by atoms with Gasteiger partial charge < -0.3 is 24.7 Å². The van der Waals surface area contributed by atoms with Crippen LogP contribution in [0.2, 0.25) is 0 Å². The number of nitrogen functional groups attached to an aromatic ring is 1. The van der Waals surface area contributed by atoms with Gasteiger partial charge in [-0.3, -0.25) is 4.90 Å². The van der Waals surface area contributed by atoms with Gasteiger partial charge in [0.25, 0.3) is 0 Å². The molecule has 1 aromatic carbocycles. The summed E-state index contributed by atoms with van der Waals surface area (Å²) in [4.78, 5) is 14.2. The van der Waals surface area contributed by atoms with Crippen LogP contribution < -0.4 is 10.5 Å². The first-order chi connectivity index (χ1) is 18.4. The van der Waals surface area contributed by atoms with Crippen molar-refractivity contribution in [2.75, 3.05) is 45.6 Å². The fourth-order valence-electron chi connectivity index (χ4n) is 6.63. The summed E-state index contributed by atoms with van der Waals surface area (Å²) in [7, 11) is 2.23. The Morgan fingerprint density at radius 2 is 1.79 bits per heavy atom. The zero-order chi connectivity index (χ0) is 26.3. The summed E-state index contributed by atoms with van der Waals surface area (Å²) in [5.74, 6) is 1.38. The van der Waals surface area contributed by atoms with Crippen LogP contribution in [0.15, 0.2) is 36.8 Å². The third-order valence-corrected chi connectivity index (χ3v) is 8.89. The van der Waals surface area contributed by atoms with Gasteiger partial charge in [0.1, 0.15) is 30.1 Å². The lowest BCUT2D eigenvalue weighted by Gasteiger charge is -2.41. The van der Waals surface area contributed by atoms with E-state index >= 15 is 0 Å².